The first kappa shape index (κ1) is 27.3. The van der Waals surface area contributed by atoms with Gasteiger partial charge in [0.25, 0.3) is 0 Å². The number of primary amides is 1. The van der Waals surface area contributed by atoms with Gasteiger partial charge >= 0.3 is 0 Å². The minimum atomic E-state index is -1.08. The van der Waals surface area contributed by atoms with Gasteiger partial charge in [0.1, 0.15) is 23.3 Å². The summed E-state index contributed by atoms with van der Waals surface area (Å²) in [5.41, 5.74) is 8.71. The first-order valence-corrected chi connectivity index (χ1v) is 13.0. The summed E-state index contributed by atoms with van der Waals surface area (Å²) < 4.78 is 0. The van der Waals surface area contributed by atoms with Crippen LogP contribution in [0.25, 0.3) is 0 Å². The topological polar surface area (TPSA) is 125 Å². The first-order chi connectivity index (χ1) is 18.0. The van der Waals surface area contributed by atoms with Gasteiger partial charge in [-0.05, 0) is 71.2 Å². The quantitative estimate of drug-likeness (QED) is 0.354. The van der Waals surface area contributed by atoms with Crippen LogP contribution in [0.3, 0.4) is 0 Å². The van der Waals surface area contributed by atoms with Crippen molar-refractivity contribution in [1.29, 1.82) is 5.26 Å². The zero-order valence-corrected chi connectivity index (χ0v) is 22.7. The molecule has 1 aromatic carbocycles. The molecule has 2 N–H and O–H groups in total. The molecule has 0 bridgehead atoms. The molecule has 1 saturated carbocycles. The van der Waals surface area contributed by atoms with E-state index in [0.29, 0.717) is 11.4 Å². The minimum absolute atomic E-state index is 0.0928. The number of rotatable bonds is 6. The predicted octanol–water partition coefficient (Wildman–Crippen LogP) is 3.78. The third-order valence-electron chi connectivity index (χ3n) is 7.46. The number of aromatic nitrogens is 1. The normalized spacial score (nSPS) is 24.1. The van der Waals surface area contributed by atoms with E-state index < -0.39 is 23.5 Å². The minimum Gasteiger partial charge on any atom is -0.390 e. The zero-order chi connectivity index (χ0) is 27.6. The predicted molar refractivity (Wildman–Crippen MR) is 145 cm³/mol. The second-order valence-electron chi connectivity index (χ2n) is 11.2. The summed E-state index contributed by atoms with van der Waals surface area (Å²) >= 11 is 0. The van der Waals surface area contributed by atoms with Crippen molar-refractivity contribution in [2.75, 3.05) is 19.0 Å². The molecule has 0 saturated heterocycles. The smallest absolute Gasteiger partial charge is 0.241 e. The summed E-state index contributed by atoms with van der Waals surface area (Å²) in [6, 6.07) is 14.9. The summed E-state index contributed by atoms with van der Waals surface area (Å²) in [4.78, 5) is 39.6. The molecule has 9 heteroatoms. The summed E-state index contributed by atoms with van der Waals surface area (Å²) in [5, 5.41) is 14.1. The lowest BCUT2D eigenvalue weighted by Crippen LogP contribution is -2.53. The molecule has 1 aliphatic carbocycles. The number of nitrogens with zero attached hydrogens (tertiary/aromatic N) is 5. The van der Waals surface area contributed by atoms with Crippen molar-refractivity contribution in [3.8, 4) is 6.07 Å². The maximum atomic E-state index is 13.2. The second kappa shape index (κ2) is 10.9. The molecule has 38 heavy (non-hydrogen) atoms. The van der Waals surface area contributed by atoms with Crippen LogP contribution in [0, 0.1) is 23.2 Å². The molecule has 1 aliphatic heterocycles. The molecule has 4 rings (SSSR count). The van der Waals surface area contributed by atoms with E-state index in [2.05, 4.69) is 33.2 Å². The Labute approximate surface area is 224 Å². The van der Waals surface area contributed by atoms with Gasteiger partial charge in [0, 0.05) is 19.0 Å². The summed E-state index contributed by atoms with van der Waals surface area (Å²) in [5.74, 6) is -1.93. The zero-order valence-electron chi connectivity index (χ0n) is 22.7. The molecule has 0 spiro atoms. The Balaban J connectivity index is 1.60. The highest BCUT2D eigenvalue weighted by molar-refractivity contribution is 6.09. The third kappa shape index (κ3) is 5.55. The van der Waals surface area contributed by atoms with Crippen LogP contribution in [0.4, 0.5) is 5.69 Å². The fourth-order valence-corrected chi connectivity index (χ4v) is 5.50. The van der Waals surface area contributed by atoms with E-state index in [9.17, 15) is 14.9 Å². The average Bonchev–Trinajstić information content (AvgIpc) is 2.90. The van der Waals surface area contributed by atoms with E-state index in [1.165, 1.54) is 4.90 Å². The SMILES string of the molecule is CN1C(=O)C(C(N)=O)C(N(C)C2CCC(/C(=N/OC(C)(C)C)c3ccccc3)CC2)c2nc(C#N)ccc21. The van der Waals surface area contributed by atoms with Gasteiger partial charge in [-0.15, -0.1) is 0 Å². The number of fused-ring (bicyclic) bond motifs is 1. The lowest BCUT2D eigenvalue weighted by atomic mass is 9.79. The Morgan fingerprint density at radius 1 is 1.16 bits per heavy atom. The van der Waals surface area contributed by atoms with E-state index in [1.54, 1.807) is 19.2 Å². The van der Waals surface area contributed by atoms with Gasteiger partial charge in [-0.1, -0.05) is 35.5 Å². The molecule has 2 heterocycles. The number of pyridine rings is 1. The Morgan fingerprint density at radius 2 is 1.82 bits per heavy atom. The van der Waals surface area contributed by atoms with Crippen molar-refractivity contribution < 1.29 is 14.4 Å². The first-order valence-electron chi connectivity index (χ1n) is 13.0. The molecule has 0 radical (unpaired) electrons. The van der Waals surface area contributed by atoms with Crippen molar-refractivity contribution in [2.45, 2.75) is 64.1 Å². The number of hydrogen-bond acceptors (Lipinski definition) is 7. The largest absolute Gasteiger partial charge is 0.390 e. The van der Waals surface area contributed by atoms with Crippen LogP contribution in [-0.2, 0) is 14.4 Å². The molecular formula is C29H36N6O3. The van der Waals surface area contributed by atoms with Crippen molar-refractivity contribution in [2.24, 2.45) is 22.7 Å². The molecule has 2 unspecified atom stereocenters. The number of carbonyl (C=O) groups is 2. The lowest BCUT2D eigenvalue weighted by molar-refractivity contribution is -0.136. The molecule has 1 fully saturated rings. The highest BCUT2D eigenvalue weighted by atomic mass is 16.6. The lowest BCUT2D eigenvalue weighted by Gasteiger charge is -2.44. The molecule has 200 valence electrons. The van der Waals surface area contributed by atoms with E-state index in [4.69, 9.17) is 10.6 Å². The highest BCUT2D eigenvalue weighted by Gasteiger charge is 2.47. The highest BCUT2D eigenvalue weighted by Crippen LogP contribution is 2.42. The van der Waals surface area contributed by atoms with Gasteiger partial charge in [0.2, 0.25) is 11.8 Å². The fourth-order valence-electron chi connectivity index (χ4n) is 5.50. The molecule has 2 atom stereocenters. The number of nitrogens with two attached hydrogens (primary N) is 1. The summed E-state index contributed by atoms with van der Waals surface area (Å²) in [6.07, 6.45) is 3.41. The van der Waals surface area contributed by atoms with Crippen LogP contribution < -0.4 is 10.6 Å². The van der Waals surface area contributed by atoms with Crippen LogP contribution in [0.2, 0.25) is 0 Å². The standard InChI is InChI=1S/C29H36N6O3/c1-29(2,3)38-33-24(18-9-7-6-8-10-18)19-11-14-21(15-12-19)34(4)26-23(27(31)36)28(37)35(5)22-16-13-20(17-30)32-25(22)26/h6-10,13,16,19,21,23,26H,11-12,14-15H2,1-5H3,(H2,31,36)/b33-24+. The van der Waals surface area contributed by atoms with E-state index in [-0.39, 0.29) is 23.6 Å². The average molecular weight is 517 g/mol. The van der Waals surface area contributed by atoms with Crippen LogP contribution in [0.15, 0.2) is 47.6 Å². The molecular weight excluding hydrogens is 480 g/mol. The van der Waals surface area contributed by atoms with Gasteiger partial charge in [0.15, 0.2) is 0 Å². The Kier molecular flexibility index (Phi) is 7.83. The van der Waals surface area contributed by atoms with Crippen LogP contribution in [0.5, 0.6) is 0 Å². The second-order valence-corrected chi connectivity index (χ2v) is 11.2. The van der Waals surface area contributed by atoms with E-state index in [0.717, 1.165) is 37.0 Å². The Bertz CT molecular complexity index is 1260. The van der Waals surface area contributed by atoms with Crippen molar-refractivity contribution in [3.63, 3.8) is 0 Å². The van der Waals surface area contributed by atoms with Gasteiger partial charge in [0.05, 0.1) is 23.1 Å². The monoisotopic (exact) mass is 516 g/mol. The van der Waals surface area contributed by atoms with E-state index >= 15 is 0 Å². The van der Waals surface area contributed by atoms with Gasteiger partial charge < -0.3 is 15.5 Å². The van der Waals surface area contributed by atoms with Crippen molar-refractivity contribution >= 4 is 23.2 Å². The number of nitriles is 1. The number of hydrogen-bond donors (Lipinski definition) is 1. The van der Waals surface area contributed by atoms with Crippen LogP contribution >= 0.6 is 0 Å². The summed E-state index contributed by atoms with van der Waals surface area (Å²) in [6.45, 7) is 5.94. The maximum Gasteiger partial charge on any atom is 0.241 e. The summed E-state index contributed by atoms with van der Waals surface area (Å²) in [7, 11) is 3.53. The number of carbonyl (C=O) groups excluding carboxylic acids is 2. The van der Waals surface area contributed by atoms with Crippen molar-refractivity contribution in [1.82, 2.24) is 9.88 Å². The van der Waals surface area contributed by atoms with Gasteiger partial charge in [-0.3, -0.25) is 14.5 Å². The Morgan fingerprint density at radius 3 is 2.39 bits per heavy atom. The number of amides is 2. The third-order valence-corrected chi connectivity index (χ3v) is 7.46. The fraction of sp³-hybridized carbons (Fsp3) is 0.483. The maximum absolute atomic E-state index is 13.2. The van der Waals surface area contributed by atoms with Crippen LogP contribution in [0.1, 0.15) is 69.4 Å². The molecule has 2 amide bonds. The van der Waals surface area contributed by atoms with Gasteiger partial charge in [-0.25, -0.2) is 4.98 Å². The number of oxime groups is 1. The molecule has 9 nitrogen and oxygen atoms in total. The number of anilines is 1. The van der Waals surface area contributed by atoms with Crippen molar-refractivity contribution in [3.05, 3.63) is 59.4 Å². The molecule has 2 aromatic rings. The van der Waals surface area contributed by atoms with Gasteiger partial charge in [-0.2, -0.15) is 5.26 Å². The number of benzene rings is 1. The Hall–Kier alpha value is -3.77. The molecule has 2 aliphatic rings. The van der Waals surface area contributed by atoms with Crippen LogP contribution in [-0.4, -0.2) is 53.1 Å². The molecule has 1 aromatic heterocycles. The van der Waals surface area contributed by atoms with E-state index in [1.807, 2.05) is 46.0 Å².